The Morgan fingerprint density at radius 2 is 1.78 bits per heavy atom. The van der Waals surface area contributed by atoms with E-state index in [9.17, 15) is 14.4 Å². The number of nitrogens with one attached hydrogen (secondary N) is 2. The number of rotatable bonds is 13. The van der Waals surface area contributed by atoms with Gasteiger partial charge in [-0.15, -0.1) is 11.8 Å². The number of hydrogen-bond acceptors (Lipinski definition) is 8. The van der Waals surface area contributed by atoms with E-state index >= 15 is 0 Å². The lowest BCUT2D eigenvalue weighted by Crippen LogP contribution is -2.55. The van der Waals surface area contributed by atoms with Crippen molar-refractivity contribution < 1.29 is 28.6 Å². The van der Waals surface area contributed by atoms with Gasteiger partial charge in [-0.05, 0) is 68.5 Å². The first-order valence-corrected chi connectivity index (χ1v) is 18.0. The number of thioether (sulfide) groups is 2. The van der Waals surface area contributed by atoms with E-state index in [0.717, 1.165) is 16.9 Å². The van der Waals surface area contributed by atoms with Crippen LogP contribution in [0.25, 0.3) is 0 Å². The molecule has 2 fully saturated rings. The number of hydrogen-bond donors (Lipinski definition) is 2. The molecule has 0 spiro atoms. The third-order valence-electron chi connectivity index (χ3n) is 7.74. The molecule has 2 N–H and O–H groups in total. The molecule has 1 aliphatic heterocycles. The second kappa shape index (κ2) is 17.0. The van der Waals surface area contributed by atoms with Gasteiger partial charge in [0.15, 0.2) is 11.5 Å². The molecular weight excluding hydrogens is 611 g/mol. The van der Waals surface area contributed by atoms with Crippen LogP contribution in [0.1, 0.15) is 64.0 Å². The van der Waals surface area contributed by atoms with E-state index in [1.807, 2.05) is 48.5 Å². The Kier molecular flexibility index (Phi) is 13.2. The summed E-state index contributed by atoms with van der Waals surface area (Å²) in [5, 5.41) is 5.98. The molecule has 2 aromatic rings. The van der Waals surface area contributed by atoms with Gasteiger partial charge in [-0.2, -0.15) is 11.8 Å². The lowest BCUT2D eigenvalue weighted by molar-refractivity contribution is -0.130. The average molecular weight is 658 g/mol. The largest absolute Gasteiger partial charge is 0.493 e. The van der Waals surface area contributed by atoms with Gasteiger partial charge in [0.25, 0.3) is 0 Å². The van der Waals surface area contributed by atoms with Crippen LogP contribution < -0.4 is 20.1 Å². The minimum Gasteiger partial charge on any atom is -0.493 e. The van der Waals surface area contributed by atoms with E-state index in [4.69, 9.17) is 14.2 Å². The SMILES string of the molecule is COc1ccc(CNC(=O)[C@H](CSCC2CCCCC2)NC(=O)[C@@H]2CSCN2C(=O)OC(C)(C)C)cc1OCc1ccccc1. The second-order valence-electron chi connectivity index (χ2n) is 12.5. The fraction of sp³-hybridized carbons (Fsp3) is 0.559. The Bertz CT molecular complexity index is 1270. The molecule has 2 aromatic carbocycles. The number of carbonyl (C=O) groups is 3. The molecule has 9 nitrogen and oxygen atoms in total. The zero-order valence-electron chi connectivity index (χ0n) is 26.8. The van der Waals surface area contributed by atoms with Crippen LogP contribution in [-0.4, -0.2) is 70.7 Å². The maximum absolute atomic E-state index is 13.6. The van der Waals surface area contributed by atoms with Crippen molar-refractivity contribution in [2.45, 2.75) is 83.7 Å². The molecule has 3 amide bonds. The standard InChI is InChI=1S/C34H47N3O6S2/c1-34(2,3)43-33(40)37-23-45-22-28(37)32(39)36-27(21-44-20-25-13-9-6-10-14-25)31(38)35-18-26-15-16-29(41-4)30(17-26)42-19-24-11-7-5-8-12-24/h5,7-8,11-12,15-17,25,27-28H,6,9-10,13-14,18-23H2,1-4H3,(H,35,38)(H,36,39)/t27-,28-/m0/s1. The molecule has 246 valence electrons. The normalized spacial score (nSPS) is 17.8. The first-order chi connectivity index (χ1) is 21.6. The predicted molar refractivity (Wildman–Crippen MR) is 181 cm³/mol. The summed E-state index contributed by atoms with van der Waals surface area (Å²) in [6.07, 6.45) is 5.71. The van der Waals surface area contributed by atoms with Crippen LogP contribution in [0.3, 0.4) is 0 Å². The van der Waals surface area contributed by atoms with Gasteiger partial charge in [-0.3, -0.25) is 14.5 Å². The summed E-state index contributed by atoms with van der Waals surface area (Å²) in [6.45, 7) is 6.05. The van der Waals surface area contributed by atoms with Crippen LogP contribution >= 0.6 is 23.5 Å². The highest BCUT2D eigenvalue weighted by Crippen LogP contribution is 2.30. The van der Waals surface area contributed by atoms with Crippen LogP contribution in [0, 0.1) is 5.92 Å². The van der Waals surface area contributed by atoms with Crippen LogP contribution in [0.2, 0.25) is 0 Å². The number of nitrogens with zero attached hydrogens (tertiary/aromatic N) is 1. The molecule has 1 saturated carbocycles. The van der Waals surface area contributed by atoms with E-state index in [-0.39, 0.29) is 18.4 Å². The molecule has 0 bridgehead atoms. The van der Waals surface area contributed by atoms with Crippen molar-refractivity contribution in [3.8, 4) is 11.5 Å². The molecule has 1 aliphatic carbocycles. The third-order valence-corrected chi connectivity index (χ3v) is 10.0. The van der Waals surface area contributed by atoms with Gasteiger partial charge in [-0.1, -0.05) is 55.7 Å². The van der Waals surface area contributed by atoms with Crippen molar-refractivity contribution in [3.63, 3.8) is 0 Å². The summed E-state index contributed by atoms with van der Waals surface area (Å²) in [5.41, 5.74) is 1.21. The monoisotopic (exact) mass is 657 g/mol. The van der Waals surface area contributed by atoms with Gasteiger partial charge in [0, 0.05) is 18.1 Å². The molecule has 0 aromatic heterocycles. The van der Waals surface area contributed by atoms with E-state index in [1.54, 1.807) is 39.6 Å². The predicted octanol–water partition coefficient (Wildman–Crippen LogP) is 6.00. The van der Waals surface area contributed by atoms with Gasteiger partial charge in [0.2, 0.25) is 11.8 Å². The Balaban J connectivity index is 1.40. The molecule has 45 heavy (non-hydrogen) atoms. The fourth-order valence-electron chi connectivity index (χ4n) is 5.31. The van der Waals surface area contributed by atoms with Crippen LogP contribution in [0.4, 0.5) is 4.79 Å². The van der Waals surface area contributed by atoms with Gasteiger partial charge < -0.3 is 24.8 Å². The van der Waals surface area contributed by atoms with Crippen molar-refractivity contribution in [3.05, 3.63) is 59.7 Å². The minimum absolute atomic E-state index is 0.257. The van der Waals surface area contributed by atoms with Gasteiger partial charge in [-0.25, -0.2) is 4.79 Å². The van der Waals surface area contributed by atoms with Gasteiger partial charge in [0.05, 0.1) is 13.0 Å². The molecule has 0 unspecified atom stereocenters. The lowest BCUT2D eigenvalue weighted by Gasteiger charge is -2.28. The molecule has 1 saturated heterocycles. The zero-order chi connectivity index (χ0) is 32.2. The number of methoxy groups -OCH3 is 1. The third kappa shape index (κ3) is 11.1. The molecule has 0 radical (unpaired) electrons. The summed E-state index contributed by atoms with van der Waals surface area (Å²) >= 11 is 3.20. The van der Waals surface area contributed by atoms with Crippen molar-refractivity contribution in [2.24, 2.45) is 5.92 Å². The molecule has 1 heterocycles. The van der Waals surface area contributed by atoms with E-state index in [1.165, 1.54) is 48.8 Å². The highest BCUT2D eigenvalue weighted by Gasteiger charge is 2.38. The summed E-state index contributed by atoms with van der Waals surface area (Å²) in [7, 11) is 1.59. The first kappa shape index (κ1) is 34.8. The Morgan fingerprint density at radius 1 is 1.02 bits per heavy atom. The molecule has 4 rings (SSSR count). The Labute approximate surface area is 275 Å². The maximum atomic E-state index is 13.6. The van der Waals surface area contributed by atoms with E-state index in [0.29, 0.717) is 41.4 Å². The van der Waals surface area contributed by atoms with Crippen molar-refractivity contribution in [1.82, 2.24) is 15.5 Å². The summed E-state index contributed by atoms with van der Waals surface area (Å²) in [4.78, 5) is 41.3. The topological polar surface area (TPSA) is 106 Å². The fourth-order valence-corrected chi connectivity index (χ4v) is 7.72. The second-order valence-corrected chi connectivity index (χ2v) is 14.6. The van der Waals surface area contributed by atoms with Crippen molar-refractivity contribution in [1.29, 1.82) is 0 Å². The minimum atomic E-state index is -0.746. The molecule has 2 aliphatic rings. The van der Waals surface area contributed by atoms with E-state index < -0.39 is 23.8 Å². The van der Waals surface area contributed by atoms with Gasteiger partial charge in [0.1, 0.15) is 24.3 Å². The maximum Gasteiger partial charge on any atom is 0.411 e. The highest BCUT2D eigenvalue weighted by atomic mass is 32.2. The van der Waals surface area contributed by atoms with Crippen LogP contribution in [0.5, 0.6) is 11.5 Å². The number of carbonyl (C=O) groups excluding carboxylic acids is 3. The van der Waals surface area contributed by atoms with Crippen molar-refractivity contribution >= 4 is 41.4 Å². The quantitative estimate of drug-likeness (QED) is 0.270. The molecule has 2 atom stereocenters. The van der Waals surface area contributed by atoms with Crippen molar-refractivity contribution in [2.75, 3.05) is 30.2 Å². The lowest BCUT2D eigenvalue weighted by atomic mass is 9.91. The smallest absolute Gasteiger partial charge is 0.411 e. The Hall–Kier alpha value is -3.05. The molecular formula is C34H47N3O6S2. The zero-order valence-corrected chi connectivity index (χ0v) is 28.5. The number of amides is 3. The van der Waals surface area contributed by atoms with Gasteiger partial charge >= 0.3 is 6.09 Å². The molecule has 11 heteroatoms. The van der Waals surface area contributed by atoms with E-state index in [2.05, 4.69) is 10.6 Å². The number of benzene rings is 2. The highest BCUT2D eigenvalue weighted by molar-refractivity contribution is 7.99. The van der Waals surface area contributed by atoms with Crippen LogP contribution in [-0.2, 0) is 27.5 Å². The number of ether oxygens (including phenoxy) is 3. The first-order valence-electron chi connectivity index (χ1n) is 15.7. The summed E-state index contributed by atoms with van der Waals surface area (Å²) in [5.74, 6) is 3.46. The Morgan fingerprint density at radius 3 is 2.49 bits per heavy atom. The summed E-state index contributed by atoms with van der Waals surface area (Å²) in [6, 6.07) is 14.0. The van der Waals surface area contributed by atoms with Crippen LogP contribution in [0.15, 0.2) is 48.5 Å². The summed E-state index contributed by atoms with van der Waals surface area (Å²) < 4.78 is 17.1. The average Bonchev–Trinajstić information content (AvgIpc) is 3.53.